The molecular weight excluding hydrogens is 322 g/mol. The normalized spacial score (nSPS) is 10.8. The summed E-state index contributed by atoms with van der Waals surface area (Å²) in [5, 5.41) is 0. The molecule has 0 atom stereocenters. The van der Waals surface area contributed by atoms with Crippen LogP contribution in [0.5, 0.6) is 0 Å². The molecule has 128 valence electrons. The second-order valence-electron chi connectivity index (χ2n) is 6.01. The molecule has 3 heteroatoms. The highest BCUT2D eigenvalue weighted by atomic mass is 16.5. The fraction of sp³-hybridized carbons (Fsp3) is 0.0870. The minimum Gasteiger partial charge on any atom is -0.462 e. The van der Waals surface area contributed by atoms with Crippen molar-refractivity contribution in [3.63, 3.8) is 0 Å². The van der Waals surface area contributed by atoms with Crippen molar-refractivity contribution in [3.8, 4) is 22.4 Å². The third-order valence-electron chi connectivity index (χ3n) is 4.43. The van der Waals surface area contributed by atoms with E-state index in [1.54, 1.807) is 0 Å². The summed E-state index contributed by atoms with van der Waals surface area (Å²) in [4.78, 5) is 12.9. The molecule has 0 radical (unpaired) electrons. The maximum Gasteiger partial charge on any atom is 0.340 e. The van der Waals surface area contributed by atoms with Gasteiger partial charge in [-0.1, -0.05) is 66.7 Å². The summed E-state index contributed by atoms with van der Waals surface area (Å²) < 4.78 is 7.47. The van der Waals surface area contributed by atoms with Crippen molar-refractivity contribution in [2.45, 2.75) is 6.92 Å². The van der Waals surface area contributed by atoms with Gasteiger partial charge in [0.1, 0.15) is 0 Å². The second kappa shape index (κ2) is 6.89. The first-order chi connectivity index (χ1) is 12.8. The Morgan fingerprint density at radius 2 is 1.46 bits per heavy atom. The number of ether oxygens (including phenoxy) is 1. The van der Waals surface area contributed by atoms with E-state index in [0.717, 1.165) is 27.9 Å². The van der Waals surface area contributed by atoms with Crippen LogP contribution in [0, 0.1) is 0 Å². The van der Waals surface area contributed by atoms with Crippen LogP contribution in [0.3, 0.4) is 0 Å². The lowest BCUT2D eigenvalue weighted by Crippen LogP contribution is -2.05. The van der Waals surface area contributed by atoms with E-state index in [2.05, 4.69) is 16.5 Å². The Hall–Kier alpha value is -3.33. The number of fused-ring (bicyclic) bond motifs is 1. The van der Waals surface area contributed by atoms with E-state index in [1.165, 1.54) is 0 Å². The fourth-order valence-electron chi connectivity index (χ4n) is 3.38. The molecule has 0 bridgehead atoms. The van der Waals surface area contributed by atoms with Crippen LogP contribution in [0.4, 0.5) is 0 Å². The largest absolute Gasteiger partial charge is 0.462 e. The number of esters is 1. The predicted octanol–water partition coefficient (Wildman–Crippen LogP) is 5.45. The van der Waals surface area contributed by atoms with Gasteiger partial charge in [0.25, 0.3) is 0 Å². The summed E-state index contributed by atoms with van der Waals surface area (Å²) in [6.07, 6.45) is 1.99. The van der Waals surface area contributed by atoms with Crippen LogP contribution in [0.2, 0.25) is 0 Å². The third-order valence-corrected chi connectivity index (χ3v) is 4.43. The lowest BCUT2D eigenvalue weighted by molar-refractivity contribution is 0.0529. The summed E-state index contributed by atoms with van der Waals surface area (Å²) in [5.41, 5.74) is 5.42. The van der Waals surface area contributed by atoms with Crippen molar-refractivity contribution in [1.82, 2.24) is 4.40 Å². The molecule has 2 aromatic heterocycles. The van der Waals surface area contributed by atoms with Crippen molar-refractivity contribution in [1.29, 1.82) is 0 Å². The highest BCUT2D eigenvalue weighted by Gasteiger charge is 2.25. The molecule has 2 heterocycles. The molecular formula is C23H19NO2. The summed E-state index contributed by atoms with van der Waals surface area (Å²) in [7, 11) is 0. The first-order valence-electron chi connectivity index (χ1n) is 8.72. The first-order valence-corrected chi connectivity index (χ1v) is 8.72. The minimum atomic E-state index is -0.294. The molecule has 0 unspecified atom stereocenters. The van der Waals surface area contributed by atoms with Crippen LogP contribution >= 0.6 is 0 Å². The van der Waals surface area contributed by atoms with Crippen LogP contribution in [-0.4, -0.2) is 17.0 Å². The molecule has 0 amide bonds. The molecule has 0 saturated carbocycles. The zero-order valence-electron chi connectivity index (χ0n) is 14.6. The van der Waals surface area contributed by atoms with Crippen molar-refractivity contribution in [2.24, 2.45) is 0 Å². The Labute approximate surface area is 152 Å². The number of aromatic nitrogens is 1. The average molecular weight is 341 g/mol. The zero-order chi connectivity index (χ0) is 17.9. The van der Waals surface area contributed by atoms with Gasteiger partial charge in [-0.25, -0.2) is 4.79 Å². The SMILES string of the molecule is CCOC(=O)c1c(-c2ccccc2)c(-c2ccccc2)n2ccccc12. The van der Waals surface area contributed by atoms with Crippen LogP contribution in [0.25, 0.3) is 27.9 Å². The summed E-state index contributed by atoms with van der Waals surface area (Å²) in [6.45, 7) is 2.17. The molecule has 0 saturated heterocycles. The van der Waals surface area contributed by atoms with E-state index in [1.807, 2.05) is 79.9 Å². The van der Waals surface area contributed by atoms with Gasteiger partial charge >= 0.3 is 5.97 Å². The number of carbonyl (C=O) groups excluding carboxylic acids is 1. The fourth-order valence-corrected chi connectivity index (χ4v) is 3.38. The Morgan fingerprint density at radius 3 is 2.12 bits per heavy atom. The molecule has 4 aromatic rings. The average Bonchev–Trinajstić information content (AvgIpc) is 3.05. The van der Waals surface area contributed by atoms with Gasteiger partial charge in [0.15, 0.2) is 0 Å². The van der Waals surface area contributed by atoms with Crippen molar-refractivity contribution < 1.29 is 9.53 Å². The van der Waals surface area contributed by atoms with Gasteiger partial charge in [0.2, 0.25) is 0 Å². The Morgan fingerprint density at radius 1 is 0.846 bits per heavy atom. The van der Waals surface area contributed by atoms with Gasteiger partial charge in [0, 0.05) is 11.8 Å². The van der Waals surface area contributed by atoms with Gasteiger partial charge in [-0.2, -0.15) is 0 Å². The van der Waals surface area contributed by atoms with E-state index in [0.29, 0.717) is 12.2 Å². The number of carbonyl (C=O) groups is 1. The first kappa shape index (κ1) is 16.2. The summed E-state index contributed by atoms with van der Waals surface area (Å²) in [6, 6.07) is 26.0. The smallest absolute Gasteiger partial charge is 0.340 e. The molecule has 26 heavy (non-hydrogen) atoms. The molecule has 0 aliphatic heterocycles. The number of rotatable bonds is 4. The number of pyridine rings is 1. The predicted molar refractivity (Wildman–Crippen MR) is 104 cm³/mol. The second-order valence-corrected chi connectivity index (χ2v) is 6.01. The van der Waals surface area contributed by atoms with Crippen molar-refractivity contribution in [2.75, 3.05) is 6.61 Å². The van der Waals surface area contributed by atoms with Crippen molar-refractivity contribution in [3.05, 3.63) is 90.6 Å². The van der Waals surface area contributed by atoms with Gasteiger partial charge < -0.3 is 9.14 Å². The van der Waals surface area contributed by atoms with Gasteiger partial charge in [-0.3, -0.25) is 0 Å². The monoisotopic (exact) mass is 341 g/mol. The summed E-state index contributed by atoms with van der Waals surface area (Å²) >= 11 is 0. The highest BCUT2D eigenvalue weighted by molar-refractivity contribution is 6.09. The molecule has 3 nitrogen and oxygen atoms in total. The maximum absolute atomic E-state index is 12.9. The van der Waals surface area contributed by atoms with E-state index in [-0.39, 0.29) is 5.97 Å². The Balaban J connectivity index is 2.13. The van der Waals surface area contributed by atoms with Gasteiger partial charge in [0.05, 0.1) is 23.4 Å². The third kappa shape index (κ3) is 2.68. The molecule has 0 spiro atoms. The van der Waals surface area contributed by atoms with Crippen LogP contribution in [0.1, 0.15) is 17.3 Å². The molecule has 0 aliphatic rings. The minimum absolute atomic E-state index is 0.294. The van der Waals surface area contributed by atoms with E-state index < -0.39 is 0 Å². The van der Waals surface area contributed by atoms with E-state index >= 15 is 0 Å². The molecule has 0 aliphatic carbocycles. The number of benzene rings is 2. The van der Waals surface area contributed by atoms with E-state index in [9.17, 15) is 4.79 Å². The number of hydrogen-bond acceptors (Lipinski definition) is 2. The Bertz CT molecular complexity index is 1050. The topological polar surface area (TPSA) is 30.7 Å². The number of hydrogen-bond donors (Lipinski definition) is 0. The molecule has 2 aromatic carbocycles. The lowest BCUT2D eigenvalue weighted by atomic mass is 9.97. The van der Waals surface area contributed by atoms with Crippen molar-refractivity contribution >= 4 is 11.5 Å². The molecule has 4 rings (SSSR count). The summed E-state index contributed by atoms with van der Waals surface area (Å²) in [5.74, 6) is -0.294. The Kier molecular flexibility index (Phi) is 4.28. The maximum atomic E-state index is 12.9. The molecule has 0 N–H and O–H groups in total. The van der Waals surface area contributed by atoms with Crippen LogP contribution < -0.4 is 0 Å². The van der Waals surface area contributed by atoms with Gasteiger partial charge in [-0.05, 0) is 30.2 Å². The van der Waals surface area contributed by atoms with Crippen LogP contribution in [-0.2, 0) is 4.74 Å². The highest BCUT2D eigenvalue weighted by Crippen LogP contribution is 2.39. The van der Waals surface area contributed by atoms with Crippen LogP contribution in [0.15, 0.2) is 85.1 Å². The van der Waals surface area contributed by atoms with E-state index in [4.69, 9.17) is 4.74 Å². The standard InChI is InChI=1S/C23H19NO2/c1-2-26-23(25)21-19-15-9-10-16-24(19)22(18-13-7-4-8-14-18)20(21)17-11-5-3-6-12-17/h3-16H,2H2,1H3. The lowest BCUT2D eigenvalue weighted by Gasteiger charge is -2.09. The van der Waals surface area contributed by atoms with Gasteiger partial charge in [-0.15, -0.1) is 0 Å². The quantitative estimate of drug-likeness (QED) is 0.462. The molecule has 0 fully saturated rings. The zero-order valence-corrected chi connectivity index (χ0v) is 14.6. The number of nitrogens with zero attached hydrogens (tertiary/aromatic N) is 1.